The van der Waals surface area contributed by atoms with Gasteiger partial charge in [0.2, 0.25) is 0 Å². The first-order valence-corrected chi connectivity index (χ1v) is 5.98. The Hall–Kier alpha value is -1.45. The van der Waals surface area contributed by atoms with Crippen LogP contribution in [0.4, 0.5) is 4.39 Å². The van der Waals surface area contributed by atoms with Crippen LogP contribution in [-0.4, -0.2) is 10.1 Å². The fraction of sp³-hybridized carbons (Fsp3) is 0.214. The standard InChI is InChI=1S/C14H13ClFNO/c1-9-5-10(8-17-7-9)14(18)6-11-12(15)3-2-4-13(11)16/h2-5,7-8,14,18H,6H2,1H3. The largest absolute Gasteiger partial charge is 0.388 e. The molecule has 0 aliphatic heterocycles. The Morgan fingerprint density at radius 3 is 2.83 bits per heavy atom. The number of rotatable bonds is 3. The topological polar surface area (TPSA) is 33.1 Å². The number of hydrogen-bond donors (Lipinski definition) is 1. The van der Waals surface area contributed by atoms with Crippen molar-refractivity contribution in [2.45, 2.75) is 19.4 Å². The van der Waals surface area contributed by atoms with E-state index in [2.05, 4.69) is 4.98 Å². The second-order valence-electron chi connectivity index (χ2n) is 4.22. The normalized spacial score (nSPS) is 12.4. The van der Waals surface area contributed by atoms with Crippen LogP contribution in [0.25, 0.3) is 0 Å². The van der Waals surface area contributed by atoms with Gasteiger partial charge in [0.25, 0.3) is 0 Å². The highest BCUT2D eigenvalue weighted by molar-refractivity contribution is 6.31. The Balaban J connectivity index is 2.24. The molecule has 0 aliphatic rings. The molecule has 4 heteroatoms. The molecule has 1 unspecified atom stereocenters. The Morgan fingerprint density at radius 2 is 2.17 bits per heavy atom. The van der Waals surface area contributed by atoms with Gasteiger partial charge in [-0.3, -0.25) is 4.98 Å². The second-order valence-corrected chi connectivity index (χ2v) is 4.62. The molecule has 1 atom stereocenters. The Labute approximate surface area is 110 Å². The first-order chi connectivity index (χ1) is 8.58. The van der Waals surface area contributed by atoms with Crippen LogP contribution in [0.1, 0.15) is 22.8 Å². The Morgan fingerprint density at radius 1 is 1.39 bits per heavy atom. The van der Waals surface area contributed by atoms with Gasteiger partial charge in [0.05, 0.1) is 6.10 Å². The number of aliphatic hydroxyl groups is 1. The molecule has 18 heavy (non-hydrogen) atoms. The van der Waals surface area contributed by atoms with Gasteiger partial charge in [-0.2, -0.15) is 0 Å². The molecule has 0 fully saturated rings. The van der Waals surface area contributed by atoms with Crippen molar-refractivity contribution in [2.24, 2.45) is 0 Å². The van der Waals surface area contributed by atoms with Gasteiger partial charge in [-0.1, -0.05) is 23.7 Å². The summed E-state index contributed by atoms with van der Waals surface area (Å²) >= 11 is 5.93. The maximum absolute atomic E-state index is 13.6. The van der Waals surface area contributed by atoms with Gasteiger partial charge in [0, 0.05) is 29.4 Å². The van der Waals surface area contributed by atoms with Crippen molar-refractivity contribution in [1.82, 2.24) is 4.98 Å². The SMILES string of the molecule is Cc1cncc(C(O)Cc2c(F)cccc2Cl)c1. The first-order valence-electron chi connectivity index (χ1n) is 5.60. The fourth-order valence-corrected chi connectivity index (χ4v) is 2.04. The molecule has 0 aliphatic carbocycles. The van der Waals surface area contributed by atoms with E-state index >= 15 is 0 Å². The van der Waals surface area contributed by atoms with Crippen LogP contribution in [-0.2, 0) is 6.42 Å². The van der Waals surface area contributed by atoms with Gasteiger partial charge < -0.3 is 5.11 Å². The number of hydrogen-bond acceptors (Lipinski definition) is 2. The summed E-state index contributed by atoms with van der Waals surface area (Å²) in [7, 11) is 0. The minimum Gasteiger partial charge on any atom is -0.388 e. The molecular weight excluding hydrogens is 253 g/mol. The molecule has 2 nitrogen and oxygen atoms in total. The molecule has 0 radical (unpaired) electrons. The van der Waals surface area contributed by atoms with E-state index in [4.69, 9.17) is 11.6 Å². The van der Waals surface area contributed by atoms with Crippen LogP contribution < -0.4 is 0 Å². The summed E-state index contributed by atoms with van der Waals surface area (Å²) < 4.78 is 13.6. The third-order valence-electron chi connectivity index (χ3n) is 2.74. The summed E-state index contributed by atoms with van der Waals surface area (Å²) in [6.45, 7) is 1.89. The zero-order valence-corrected chi connectivity index (χ0v) is 10.7. The number of aromatic nitrogens is 1. The van der Waals surface area contributed by atoms with Crippen molar-refractivity contribution in [3.8, 4) is 0 Å². The van der Waals surface area contributed by atoms with E-state index in [1.165, 1.54) is 6.07 Å². The van der Waals surface area contributed by atoms with Crippen LogP contribution in [0.2, 0.25) is 5.02 Å². The van der Waals surface area contributed by atoms with E-state index in [0.29, 0.717) is 16.1 Å². The lowest BCUT2D eigenvalue weighted by Crippen LogP contribution is -2.05. The number of pyridine rings is 1. The minimum atomic E-state index is -0.813. The monoisotopic (exact) mass is 265 g/mol. The average Bonchev–Trinajstić information content (AvgIpc) is 2.34. The summed E-state index contributed by atoms with van der Waals surface area (Å²) in [6, 6.07) is 6.32. The van der Waals surface area contributed by atoms with Gasteiger partial charge in [-0.25, -0.2) is 4.39 Å². The summed E-state index contributed by atoms with van der Waals surface area (Å²) in [5, 5.41) is 10.4. The lowest BCUT2D eigenvalue weighted by atomic mass is 10.0. The van der Waals surface area contributed by atoms with Crippen LogP contribution in [0.5, 0.6) is 0 Å². The lowest BCUT2D eigenvalue weighted by molar-refractivity contribution is 0.176. The lowest BCUT2D eigenvalue weighted by Gasteiger charge is -2.13. The average molecular weight is 266 g/mol. The predicted octanol–water partition coefficient (Wildman–Crippen LogP) is 3.46. The highest BCUT2D eigenvalue weighted by Crippen LogP contribution is 2.25. The molecule has 0 saturated carbocycles. The smallest absolute Gasteiger partial charge is 0.127 e. The van der Waals surface area contributed by atoms with Crippen LogP contribution in [0.3, 0.4) is 0 Å². The van der Waals surface area contributed by atoms with Crippen molar-refractivity contribution in [3.05, 3.63) is 64.2 Å². The Kier molecular flexibility index (Phi) is 3.94. The van der Waals surface area contributed by atoms with Gasteiger partial charge >= 0.3 is 0 Å². The fourth-order valence-electron chi connectivity index (χ4n) is 1.80. The third-order valence-corrected chi connectivity index (χ3v) is 3.09. The highest BCUT2D eigenvalue weighted by atomic mass is 35.5. The Bertz CT molecular complexity index is 539. The molecular formula is C14H13ClFNO. The van der Waals surface area contributed by atoms with Gasteiger partial charge in [-0.15, -0.1) is 0 Å². The van der Waals surface area contributed by atoms with E-state index in [1.807, 2.05) is 13.0 Å². The van der Waals surface area contributed by atoms with Crippen molar-refractivity contribution < 1.29 is 9.50 Å². The maximum atomic E-state index is 13.6. The first kappa shape index (κ1) is 13.0. The summed E-state index contributed by atoms with van der Waals surface area (Å²) in [6.07, 6.45) is 2.60. The van der Waals surface area contributed by atoms with E-state index < -0.39 is 11.9 Å². The van der Waals surface area contributed by atoms with Gasteiger partial charge in [0.15, 0.2) is 0 Å². The van der Waals surface area contributed by atoms with Gasteiger partial charge in [0.1, 0.15) is 5.82 Å². The zero-order chi connectivity index (χ0) is 13.1. The van der Waals surface area contributed by atoms with E-state index in [0.717, 1.165) is 5.56 Å². The molecule has 1 aromatic heterocycles. The number of aryl methyl sites for hydroxylation is 1. The molecule has 94 valence electrons. The third kappa shape index (κ3) is 2.86. The number of benzene rings is 1. The second kappa shape index (κ2) is 5.46. The summed E-state index contributed by atoms with van der Waals surface area (Å²) in [4.78, 5) is 4.01. The molecule has 0 saturated heterocycles. The zero-order valence-electron chi connectivity index (χ0n) is 9.90. The molecule has 0 spiro atoms. The molecule has 0 bridgehead atoms. The molecule has 0 amide bonds. The van der Waals surface area contributed by atoms with E-state index in [-0.39, 0.29) is 6.42 Å². The van der Waals surface area contributed by atoms with Crippen LogP contribution >= 0.6 is 11.6 Å². The summed E-state index contributed by atoms with van der Waals surface area (Å²) in [5.41, 5.74) is 1.94. The van der Waals surface area contributed by atoms with Crippen molar-refractivity contribution in [3.63, 3.8) is 0 Å². The predicted molar refractivity (Wildman–Crippen MR) is 69.0 cm³/mol. The molecule has 1 N–H and O–H groups in total. The molecule has 2 aromatic rings. The molecule has 2 rings (SSSR count). The minimum absolute atomic E-state index is 0.136. The molecule has 1 heterocycles. The number of nitrogens with zero attached hydrogens (tertiary/aromatic N) is 1. The van der Waals surface area contributed by atoms with Crippen LogP contribution in [0.15, 0.2) is 36.7 Å². The van der Waals surface area contributed by atoms with Crippen molar-refractivity contribution in [1.29, 1.82) is 0 Å². The van der Waals surface area contributed by atoms with Crippen molar-refractivity contribution >= 4 is 11.6 Å². The van der Waals surface area contributed by atoms with Crippen LogP contribution in [0, 0.1) is 12.7 Å². The molecule has 1 aromatic carbocycles. The van der Waals surface area contributed by atoms with E-state index in [1.54, 1.807) is 24.5 Å². The highest BCUT2D eigenvalue weighted by Gasteiger charge is 2.14. The van der Waals surface area contributed by atoms with Gasteiger partial charge in [-0.05, 0) is 30.2 Å². The maximum Gasteiger partial charge on any atom is 0.127 e. The van der Waals surface area contributed by atoms with E-state index in [9.17, 15) is 9.50 Å². The number of halogens is 2. The van der Waals surface area contributed by atoms with Crippen molar-refractivity contribution in [2.75, 3.05) is 0 Å². The number of aliphatic hydroxyl groups excluding tert-OH is 1. The quantitative estimate of drug-likeness (QED) is 0.922. The summed E-state index contributed by atoms with van der Waals surface area (Å²) in [5.74, 6) is -0.401.